The molecule has 0 N–H and O–H groups in total. The van der Waals surface area contributed by atoms with Crippen LogP contribution in [0.25, 0.3) is 33.7 Å². The molecule has 1 aliphatic heterocycles. The lowest BCUT2D eigenvalue weighted by Gasteiger charge is -2.09. The molecule has 6 rings (SSSR count). The summed E-state index contributed by atoms with van der Waals surface area (Å²) in [5.74, 6) is -1.46. The van der Waals surface area contributed by atoms with E-state index in [1.165, 1.54) is 24.3 Å². The number of hydrogen-bond donors (Lipinski definition) is 0. The number of nitrogens with zero attached hydrogens (tertiary/aromatic N) is 2. The van der Waals surface area contributed by atoms with E-state index < -0.39 is 23.5 Å². The van der Waals surface area contributed by atoms with E-state index in [9.17, 15) is 8.78 Å². The number of rotatable bonds is 4. The number of aliphatic imine (C=N–C) groups is 1. The molecule has 0 spiro atoms. The lowest BCUT2D eigenvalue weighted by Crippen LogP contribution is -2.03. The van der Waals surface area contributed by atoms with E-state index in [2.05, 4.69) is 9.98 Å². The Morgan fingerprint density at radius 3 is 2.26 bits per heavy atom. The fourth-order valence-corrected chi connectivity index (χ4v) is 4.57. The minimum absolute atomic E-state index is 0.131. The Hall–Kier alpha value is -4.19. The van der Waals surface area contributed by atoms with Crippen LogP contribution < -0.4 is 0 Å². The molecular weight excluding hydrogens is 449 g/mol. The molecule has 1 unspecified atom stereocenters. The molecule has 0 aliphatic carbocycles. The summed E-state index contributed by atoms with van der Waals surface area (Å²) in [6, 6.07) is 23.7. The third-order valence-corrected chi connectivity index (χ3v) is 6.32. The van der Waals surface area contributed by atoms with Crippen molar-refractivity contribution in [1.82, 2.24) is 4.98 Å². The number of aromatic nitrogens is 1. The summed E-state index contributed by atoms with van der Waals surface area (Å²) in [6.45, 7) is 0. The number of fused-ring (bicyclic) bond motifs is 1. The van der Waals surface area contributed by atoms with Crippen LogP contribution in [0.1, 0.15) is 30.0 Å². The maximum absolute atomic E-state index is 15.1. The number of halogens is 3. The van der Waals surface area contributed by atoms with Crippen LogP contribution in [0.5, 0.6) is 0 Å². The molecule has 1 aromatic heterocycles. The van der Waals surface area contributed by atoms with Gasteiger partial charge in [0.05, 0.1) is 11.6 Å². The fourth-order valence-electron chi connectivity index (χ4n) is 4.57. The zero-order valence-corrected chi connectivity index (χ0v) is 18.5. The number of oxazole rings is 1. The van der Waals surface area contributed by atoms with Crippen LogP contribution in [0.2, 0.25) is 0 Å². The van der Waals surface area contributed by atoms with Crippen molar-refractivity contribution in [3.63, 3.8) is 0 Å². The van der Waals surface area contributed by atoms with Gasteiger partial charge in [0, 0.05) is 16.8 Å². The summed E-state index contributed by atoms with van der Waals surface area (Å²) in [7, 11) is 0. The molecule has 1 atom stereocenters. The molecule has 3 nitrogen and oxygen atoms in total. The van der Waals surface area contributed by atoms with Gasteiger partial charge in [0.15, 0.2) is 5.58 Å². The van der Waals surface area contributed by atoms with Gasteiger partial charge in [-0.3, -0.25) is 4.99 Å². The summed E-state index contributed by atoms with van der Waals surface area (Å²) in [5.41, 5.74) is 4.45. The van der Waals surface area contributed by atoms with Gasteiger partial charge < -0.3 is 4.42 Å². The topological polar surface area (TPSA) is 38.4 Å². The Morgan fingerprint density at radius 1 is 0.714 bits per heavy atom. The van der Waals surface area contributed by atoms with E-state index >= 15 is 4.39 Å². The largest absolute Gasteiger partial charge is 0.436 e. The molecule has 4 aromatic carbocycles. The van der Waals surface area contributed by atoms with Gasteiger partial charge in [-0.05, 0) is 60.4 Å². The Labute approximate surface area is 199 Å². The second-order valence-corrected chi connectivity index (χ2v) is 8.53. The lowest BCUT2D eigenvalue weighted by molar-refractivity contribution is 0.578. The minimum Gasteiger partial charge on any atom is -0.436 e. The van der Waals surface area contributed by atoms with Crippen molar-refractivity contribution in [2.75, 3.05) is 0 Å². The smallest absolute Gasteiger partial charge is 0.227 e. The van der Waals surface area contributed by atoms with Gasteiger partial charge in [0.2, 0.25) is 5.89 Å². The first-order valence-electron chi connectivity index (χ1n) is 11.3. The maximum Gasteiger partial charge on any atom is 0.227 e. The molecule has 6 heteroatoms. The first-order chi connectivity index (χ1) is 17.1. The molecular formula is C29H19F3N2O. The highest BCUT2D eigenvalue weighted by molar-refractivity contribution is 6.02. The zero-order chi connectivity index (χ0) is 23.9. The van der Waals surface area contributed by atoms with Gasteiger partial charge in [0.1, 0.15) is 23.0 Å². The average Bonchev–Trinajstić information content (AvgIpc) is 3.51. The summed E-state index contributed by atoms with van der Waals surface area (Å²) < 4.78 is 49.3. The van der Waals surface area contributed by atoms with E-state index in [-0.39, 0.29) is 5.56 Å². The third kappa shape index (κ3) is 3.91. The van der Waals surface area contributed by atoms with Crippen molar-refractivity contribution in [3.8, 4) is 22.6 Å². The first kappa shape index (κ1) is 21.4. The van der Waals surface area contributed by atoms with E-state index in [4.69, 9.17) is 4.42 Å². The van der Waals surface area contributed by atoms with Crippen LogP contribution in [0.3, 0.4) is 0 Å². The van der Waals surface area contributed by atoms with Crippen molar-refractivity contribution >= 4 is 16.8 Å². The molecule has 1 aliphatic rings. The summed E-state index contributed by atoms with van der Waals surface area (Å²) >= 11 is 0. The molecule has 0 amide bonds. The summed E-state index contributed by atoms with van der Waals surface area (Å²) in [6.07, 6.45) is 0.850. The summed E-state index contributed by atoms with van der Waals surface area (Å²) in [4.78, 5) is 9.01. The van der Waals surface area contributed by atoms with Gasteiger partial charge in [-0.1, -0.05) is 48.5 Å². The second kappa shape index (κ2) is 8.55. The van der Waals surface area contributed by atoms with Gasteiger partial charge in [-0.15, -0.1) is 0 Å². The van der Waals surface area contributed by atoms with Crippen LogP contribution in [-0.2, 0) is 0 Å². The standard InChI is InChI=1S/C29H19F3N2O/c30-21-7-4-8-22(31)28(21)25-13-12-24(33-25)20-11-9-19(15-23(20)32)29-34-26-16-18(10-14-27(26)35-29)17-5-2-1-3-6-17/h1-11,14-16,24H,12-13H2. The van der Waals surface area contributed by atoms with Crippen molar-refractivity contribution in [2.24, 2.45) is 4.99 Å². The highest BCUT2D eigenvalue weighted by Gasteiger charge is 2.26. The number of hydrogen-bond acceptors (Lipinski definition) is 3. The molecule has 0 bridgehead atoms. The van der Waals surface area contributed by atoms with Crippen LogP contribution >= 0.6 is 0 Å². The van der Waals surface area contributed by atoms with E-state index in [1.54, 1.807) is 12.1 Å². The van der Waals surface area contributed by atoms with Gasteiger partial charge in [-0.2, -0.15) is 0 Å². The fraction of sp³-hybridized carbons (Fsp3) is 0.103. The van der Waals surface area contributed by atoms with Crippen molar-refractivity contribution in [1.29, 1.82) is 0 Å². The molecule has 35 heavy (non-hydrogen) atoms. The Morgan fingerprint density at radius 2 is 1.49 bits per heavy atom. The quantitative estimate of drug-likeness (QED) is 0.269. The molecule has 0 saturated heterocycles. The third-order valence-electron chi connectivity index (χ3n) is 6.32. The molecule has 172 valence electrons. The average molecular weight is 468 g/mol. The lowest BCUT2D eigenvalue weighted by atomic mass is 10.0. The predicted molar refractivity (Wildman–Crippen MR) is 130 cm³/mol. The predicted octanol–water partition coefficient (Wildman–Crippen LogP) is 7.90. The second-order valence-electron chi connectivity index (χ2n) is 8.53. The van der Waals surface area contributed by atoms with E-state index in [0.29, 0.717) is 46.7 Å². The van der Waals surface area contributed by atoms with Crippen LogP contribution in [0.4, 0.5) is 13.2 Å². The highest BCUT2D eigenvalue weighted by Crippen LogP contribution is 2.36. The molecule has 0 radical (unpaired) electrons. The van der Waals surface area contributed by atoms with E-state index in [1.807, 2.05) is 48.5 Å². The molecule has 5 aromatic rings. The zero-order valence-electron chi connectivity index (χ0n) is 18.5. The Bertz CT molecular complexity index is 1570. The molecule has 0 fully saturated rings. The molecule has 2 heterocycles. The van der Waals surface area contributed by atoms with Gasteiger partial charge in [-0.25, -0.2) is 18.2 Å². The summed E-state index contributed by atoms with van der Waals surface area (Å²) in [5, 5.41) is 0. The minimum atomic E-state index is -0.661. The van der Waals surface area contributed by atoms with Crippen molar-refractivity contribution < 1.29 is 17.6 Å². The van der Waals surface area contributed by atoms with Crippen LogP contribution in [-0.4, -0.2) is 10.7 Å². The van der Waals surface area contributed by atoms with Gasteiger partial charge in [0.25, 0.3) is 0 Å². The SMILES string of the molecule is Fc1cc(-c2nc3cc(-c4ccccc4)ccc3o2)ccc1C1CCC(c2c(F)cccc2F)=N1. The first-order valence-corrected chi connectivity index (χ1v) is 11.3. The maximum atomic E-state index is 15.1. The van der Waals surface area contributed by atoms with Crippen LogP contribution in [0, 0.1) is 17.5 Å². The van der Waals surface area contributed by atoms with E-state index in [0.717, 1.165) is 11.1 Å². The monoisotopic (exact) mass is 468 g/mol. The van der Waals surface area contributed by atoms with Crippen molar-refractivity contribution in [2.45, 2.75) is 18.9 Å². The Kier molecular flexibility index (Phi) is 5.21. The Balaban J connectivity index is 1.30. The normalized spacial score (nSPS) is 15.5. The number of benzene rings is 4. The van der Waals surface area contributed by atoms with Crippen LogP contribution in [0.15, 0.2) is 94.3 Å². The molecule has 0 saturated carbocycles. The highest BCUT2D eigenvalue weighted by atomic mass is 19.1. The van der Waals surface area contributed by atoms with Crippen molar-refractivity contribution in [3.05, 3.63) is 114 Å². The van der Waals surface area contributed by atoms with Gasteiger partial charge >= 0.3 is 0 Å².